The maximum absolute atomic E-state index is 5.39. The molecule has 0 aliphatic carbocycles. The van der Waals surface area contributed by atoms with Gasteiger partial charge in [-0.1, -0.05) is 18.2 Å². The monoisotopic (exact) mass is 209 g/mol. The van der Waals surface area contributed by atoms with Crippen LogP contribution in [0, 0.1) is 0 Å². The Kier molecular flexibility index (Phi) is 3.86. The second-order valence-corrected chi connectivity index (χ2v) is 4.44. The second kappa shape index (κ2) is 5.39. The topological polar surface area (TPSA) is 21.3 Å². The minimum atomic E-state index is 0.508. The van der Waals surface area contributed by atoms with E-state index in [9.17, 15) is 0 Å². The van der Waals surface area contributed by atoms with Crippen LogP contribution >= 0.6 is 11.8 Å². The van der Waals surface area contributed by atoms with Crippen LogP contribution in [0.4, 0.5) is 0 Å². The highest BCUT2D eigenvalue weighted by Crippen LogP contribution is 2.18. The molecule has 14 heavy (non-hydrogen) atoms. The zero-order valence-corrected chi connectivity index (χ0v) is 8.93. The van der Waals surface area contributed by atoms with Crippen LogP contribution in [-0.4, -0.2) is 31.6 Å². The number of ether oxygens (including phenoxy) is 1. The van der Waals surface area contributed by atoms with Gasteiger partial charge in [-0.25, -0.2) is 0 Å². The largest absolute Gasteiger partial charge is 0.378 e. The number of benzene rings is 1. The summed E-state index contributed by atoms with van der Waals surface area (Å²) < 4.78 is 5.39. The molecule has 1 heterocycles. The Hall–Kier alpha value is -0.510. The van der Waals surface area contributed by atoms with E-state index in [0.717, 1.165) is 25.5 Å². The van der Waals surface area contributed by atoms with Crippen molar-refractivity contribution >= 4 is 11.8 Å². The first-order valence-electron chi connectivity index (χ1n) is 4.94. The molecule has 0 radical (unpaired) electrons. The molecule has 1 saturated heterocycles. The highest BCUT2D eigenvalue weighted by molar-refractivity contribution is 7.99. The Morgan fingerprint density at radius 3 is 2.93 bits per heavy atom. The third-order valence-electron chi connectivity index (χ3n) is 2.19. The van der Waals surface area contributed by atoms with Gasteiger partial charge in [0.15, 0.2) is 0 Å². The molecule has 0 bridgehead atoms. The molecule has 76 valence electrons. The maximum atomic E-state index is 5.39. The molecular formula is C11H15NOS. The molecule has 0 unspecified atom stereocenters. The molecule has 2 rings (SSSR count). The van der Waals surface area contributed by atoms with E-state index in [0.29, 0.717) is 6.04 Å². The quantitative estimate of drug-likeness (QED) is 0.767. The van der Waals surface area contributed by atoms with Gasteiger partial charge >= 0.3 is 0 Å². The van der Waals surface area contributed by atoms with E-state index < -0.39 is 0 Å². The minimum Gasteiger partial charge on any atom is -0.378 e. The van der Waals surface area contributed by atoms with E-state index in [2.05, 4.69) is 29.6 Å². The molecular weight excluding hydrogens is 194 g/mol. The van der Waals surface area contributed by atoms with Crippen LogP contribution in [0.2, 0.25) is 0 Å². The molecule has 1 aromatic carbocycles. The lowest BCUT2D eigenvalue weighted by atomic mass is 10.3. The summed E-state index contributed by atoms with van der Waals surface area (Å²) in [7, 11) is 0. The van der Waals surface area contributed by atoms with Crippen LogP contribution in [0.5, 0.6) is 0 Å². The number of thioether (sulfide) groups is 1. The van der Waals surface area contributed by atoms with Crippen molar-refractivity contribution in [2.75, 3.05) is 25.5 Å². The van der Waals surface area contributed by atoms with Gasteiger partial charge < -0.3 is 10.1 Å². The standard InChI is InChI=1S/C11H15NOS/c1-2-4-11(5-3-1)14-9-10-8-13-7-6-12-10/h1-5,10,12H,6-9H2/t10-/m1/s1. The van der Waals surface area contributed by atoms with Crippen molar-refractivity contribution in [1.29, 1.82) is 0 Å². The van der Waals surface area contributed by atoms with Gasteiger partial charge in [-0.2, -0.15) is 0 Å². The predicted molar refractivity (Wildman–Crippen MR) is 59.8 cm³/mol. The Bertz CT molecular complexity index is 259. The molecule has 0 amide bonds. The van der Waals surface area contributed by atoms with Gasteiger partial charge in [0, 0.05) is 23.2 Å². The number of morpholine rings is 1. The Morgan fingerprint density at radius 2 is 2.21 bits per heavy atom. The van der Waals surface area contributed by atoms with Crippen molar-refractivity contribution in [3.05, 3.63) is 30.3 Å². The van der Waals surface area contributed by atoms with E-state index >= 15 is 0 Å². The number of hydrogen-bond donors (Lipinski definition) is 1. The summed E-state index contributed by atoms with van der Waals surface area (Å²) in [5.41, 5.74) is 0. The van der Waals surface area contributed by atoms with Crippen LogP contribution in [-0.2, 0) is 4.74 Å². The molecule has 0 saturated carbocycles. The zero-order valence-electron chi connectivity index (χ0n) is 8.11. The fourth-order valence-electron chi connectivity index (χ4n) is 1.44. The molecule has 1 fully saturated rings. The molecule has 1 aliphatic heterocycles. The lowest BCUT2D eigenvalue weighted by molar-refractivity contribution is 0.0837. The molecule has 3 heteroatoms. The molecule has 0 aromatic heterocycles. The van der Waals surface area contributed by atoms with Gasteiger partial charge in [-0.05, 0) is 12.1 Å². The fourth-order valence-corrected chi connectivity index (χ4v) is 2.40. The van der Waals surface area contributed by atoms with Crippen LogP contribution in [0.1, 0.15) is 0 Å². The summed E-state index contributed by atoms with van der Waals surface area (Å²) in [4.78, 5) is 1.33. The van der Waals surface area contributed by atoms with Gasteiger partial charge in [-0.3, -0.25) is 0 Å². The van der Waals surface area contributed by atoms with Crippen molar-refractivity contribution in [2.45, 2.75) is 10.9 Å². The second-order valence-electron chi connectivity index (χ2n) is 3.35. The summed E-state index contributed by atoms with van der Waals surface area (Å²) >= 11 is 1.88. The number of hydrogen-bond acceptors (Lipinski definition) is 3. The van der Waals surface area contributed by atoms with Crippen molar-refractivity contribution in [2.24, 2.45) is 0 Å². The first-order valence-corrected chi connectivity index (χ1v) is 5.93. The Balaban J connectivity index is 1.76. The third kappa shape index (κ3) is 3.01. The Labute approximate surface area is 89.0 Å². The molecule has 0 spiro atoms. The van der Waals surface area contributed by atoms with Crippen molar-refractivity contribution in [3.8, 4) is 0 Å². The van der Waals surface area contributed by atoms with E-state index in [1.807, 2.05) is 17.8 Å². The van der Waals surface area contributed by atoms with E-state index in [1.54, 1.807) is 0 Å². The average molecular weight is 209 g/mol. The number of nitrogens with one attached hydrogen (secondary N) is 1. The van der Waals surface area contributed by atoms with Crippen LogP contribution in [0.15, 0.2) is 35.2 Å². The molecule has 1 aliphatic rings. The summed E-state index contributed by atoms with van der Waals surface area (Å²) in [5.74, 6) is 1.09. The summed E-state index contributed by atoms with van der Waals surface area (Å²) in [6, 6.07) is 11.0. The van der Waals surface area contributed by atoms with E-state index in [4.69, 9.17) is 4.74 Å². The molecule has 1 N–H and O–H groups in total. The van der Waals surface area contributed by atoms with Crippen LogP contribution in [0.3, 0.4) is 0 Å². The lowest BCUT2D eigenvalue weighted by Crippen LogP contribution is -2.42. The molecule has 1 aromatic rings. The van der Waals surface area contributed by atoms with Gasteiger partial charge in [0.1, 0.15) is 0 Å². The highest BCUT2D eigenvalue weighted by atomic mass is 32.2. The number of rotatable bonds is 3. The van der Waals surface area contributed by atoms with Gasteiger partial charge in [-0.15, -0.1) is 11.8 Å². The zero-order chi connectivity index (χ0) is 9.64. The smallest absolute Gasteiger partial charge is 0.0628 e. The Morgan fingerprint density at radius 1 is 1.36 bits per heavy atom. The third-order valence-corrected chi connectivity index (χ3v) is 3.37. The first-order chi connectivity index (χ1) is 6.95. The minimum absolute atomic E-state index is 0.508. The van der Waals surface area contributed by atoms with Crippen molar-refractivity contribution < 1.29 is 4.74 Å². The van der Waals surface area contributed by atoms with E-state index in [1.165, 1.54) is 4.90 Å². The van der Waals surface area contributed by atoms with Crippen molar-refractivity contribution in [3.63, 3.8) is 0 Å². The highest BCUT2D eigenvalue weighted by Gasteiger charge is 2.12. The summed E-state index contributed by atoms with van der Waals surface area (Å²) in [6.45, 7) is 2.69. The van der Waals surface area contributed by atoms with E-state index in [-0.39, 0.29) is 0 Å². The average Bonchev–Trinajstić information content (AvgIpc) is 2.29. The first kappa shape index (κ1) is 10.0. The van der Waals surface area contributed by atoms with Gasteiger partial charge in [0.05, 0.1) is 13.2 Å². The molecule has 2 nitrogen and oxygen atoms in total. The van der Waals surface area contributed by atoms with Gasteiger partial charge in [0.2, 0.25) is 0 Å². The van der Waals surface area contributed by atoms with Gasteiger partial charge in [0.25, 0.3) is 0 Å². The molecule has 1 atom stereocenters. The van der Waals surface area contributed by atoms with Crippen LogP contribution < -0.4 is 5.32 Å². The predicted octanol–water partition coefficient (Wildman–Crippen LogP) is 1.77. The summed E-state index contributed by atoms with van der Waals surface area (Å²) in [5, 5.41) is 3.44. The van der Waals surface area contributed by atoms with Crippen LogP contribution in [0.25, 0.3) is 0 Å². The summed E-state index contributed by atoms with van der Waals surface area (Å²) in [6.07, 6.45) is 0. The SMILES string of the molecule is c1ccc(SC[C@H]2COCCN2)cc1. The lowest BCUT2D eigenvalue weighted by Gasteiger charge is -2.23. The fraction of sp³-hybridized carbons (Fsp3) is 0.455. The maximum Gasteiger partial charge on any atom is 0.0628 e. The normalized spacial score (nSPS) is 22.1. The van der Waals surface area contributed by atoms with Crippen molar-refractivity contribution in [1.82, 2.24) is 5.32 Å².